The van der Waals surface area contributed by atoms with E-state index in [1.165, 1.54) is 0 Å². The highest BCUT2D eigenvalue weighted by Gasteiger charge is 2.10. The molecule has 0 radical (unpaired) electrons. The van der Waals surface area contributed by atoms with E-state index in [1.54, 1.807) is 29.2 Å². The van der Waals surface area contributed by atoms with Gasteiger partial charge < -0.3 is 5.32 Å². The summed E-state index contributed by atoms with van der Waals surface area (Å²) in [7, 11) is 1.88. The Hall–Kier alpha value is -4.13. The van der Waals surface area contributed by atoms with Crippen LogP contribution in [0.5, 0.6) is 0 Å². The third kappa shape index (κ3) is 3.73. The molecule has 152 valence electrons. The van der Waals surface area contributed by atoms with Crippen LogP contribution in [0.15, 0.2) is 79.4 Å². The van der Waals surface area contributed by atoms with Gasteiger partial charge in [0.2, 0.25) is 0 Å². The zero-order valence-electron chi connectivity index (χ0n) is 16.6. The van der Waals surface area contributed by atoms with Crippen molar-refractivity contribution >= 4 is 22.3 Å². The first-order valence-electron chi connectivity index (χ1n) is 9.63. The standard InChI is InChI=1S/C24H17F2N5/c1-31-14-16(13-29-31)15-2-4-19-22(7-9-28-23(19)10-15)30-18-6-8-27-24(12-18)20-11-17(25)3-5-21(20)26/h2-14H,1H3,(H,27,28,30). The van der Waals surface area contributed by atoms with Crippen LogP contribution in [-0.2, 0) is 7.05 Å². The van der Waals surface area contributed by atoms with E-state index < -0.39 is 11.6 Å². The van der Waals surface area contributed by atoms with Gasteiger partial charge in [-0.25, -0.2) is 8.78 Å². The van der Waals surface area contributed by atoms with E-state index in [4.69, 9.17) is 0 Å². The average molecular weight is 413 g/mol. The second kappa shape index (κ2) is 7.60. The summed E-state index contributed by atoms with van der Waals surface area (Å²) in [6.45, 7) is 0. The molecule has 31 heavy (non-hydrogen) atoms. The fourth-order valence-corrected chi connectivity index (χ4v) is 3.51. The molecule has 0 saturated heterocycles. The Morgan fingerprint density at radius 2 is 1.74 bits per heavy atom. The van der Waals surface area contributed by atoms with Crippen molar-refractivity contribution in [2.75, 3.05) is 5.32 Å². The number of halogens is 2. The Kier molecular flexibility index (Phi) is 4.63. The molecule has 0 bridgehead atoms. The number of nitrogens with one attached hydrogen (secondary N) is 1. The molecule has 0 unspecified atom stereocenters. The second-order valence-corrected chi connectivity index (χ2v) is 7.17. The lowest BCUT2D eigenvalue weighted by Crippen LogP contribution is -1.95. The number of hydrogen-bond acceptors (Lipinski definition) is 4. The fraction of sp³-hybridized carbons (Fsp3) is 0.0417. The molecule has 3 aromatic heterocycles. The van der Waals surface area contributed by atoms with Gasteiger partial charge in [0, 0.05) is 53.5 Å². The number of pyridine rings is 2. The topological polar surface area (TPSA) is 55.6 Å². The second-order valence-electron chi connectivity index (χ2n) is 7.17. The van der Waals surface area contributed by atoms with Crippen molar-refractivity contribution in [1.29, 1.82) is 0 Å². The summed E-state index contributed by atoms with van der Waals surface area (Å²) in [4.78, 5) is 8.69. The SMILES string of the molecule is Cn1cc(-c2ccc3c(Nc4ccnc(-c5cc(F)ccc5F)c4)ccnc3c2)cn1. The van der Waals surface area contributed by atoms with Crippen LogP contribution in [0.3, 0.4) is 0 Å². The minimum Gasteiger partial charge on any atom is -0.355 e. The molecule has 0 atom stereocenters. The lowest BCUT2D eigenvalue weighted by atomic mass is 10.1. The van der Waals surface area contributed by atoms with E-state index in [0.717, 1.165) is 45.9 Å². The lowest BCUT2D eigenvalue weighted by Gasteiger charge is -2.11. The Bertz CT molecular complexity index is 1410. The monoisotopic (exact) mass is 413 g/mol. The summed E-state index contributed by atoms with van der Waals surface area (Å²) in [5, 5.41) is 8.50. The van der Waals surface area contributed by atoms with Crippen LogP contribution < -0.4 is 5.32 Å². The normalized spacial score (nSPS) is 11.1. The minimum atomic E-state index is -0.525. The molecule has 0 fully saturated rings. The number of benzene rings is 2. The quantitative estimate of drug-likeness (QED) is 0.409. The van der Waals surface area contributed by atoms with Gasteiger partial charge >= 0.3 is 0 Å². The van der Waals surface area contributed by atoms with Crippen LogP contribution in [0.2, 0.25) is 0 Å². The number of nitrogens with zero attached hydrogens (tertiary/aromatic N) is 4. The first kappa shape index (κ1) is 18.9. The van der Waals surface area contributed by atoms with Gasteiger partial charge in [0.05, 0.1) is 17.4 Å². The Balaban J connectivity index is 1.50. The highest BCUT2D eigenvalue weighted by molar-refractivity contribution is 5.95. The number of anilines is 2. The average Bonchev–Trinajstić information content (AvgIpc) is 3.22. The number of aryl methyl sites for hydroxylation is 1. The predicted octanol–water partition coefficient (Wildman–Crippen LogP) is 5.72. The summed E-state index contributed by atoms with van der Waals surface area (Å²) in [5.74, 6) is -1.04. The molecule has 1 N–H and O–H groups in total. The Morgan fingerprint density at radius 3 is 2.58 bits per heavy atom. The molecular formula is C24H17F2N5. The molecule has 0 aliphatic rings. The molecule has 0 aliphatic heterocycles. The molecule has 0 aliphatic carbocycles. The number of aromatic nitrogens is 4. The fourth-order valence-electron chi connectivity index (χ4n) is 3.51. The molecule has 0 spiro atoms. The molecule has 3 heterocycles. The van der Waals surface area contributed by atoms with Gasteiger partial charge in [-0.1, -0.05) is 12.1 Å². The van der Waals surface area contributed by atoms with Gasteiger partial charge in [0.1, 0.15) is 11.6 Å². The summed E-state index contributed by atoms with van der Waals surface area (Å²) in [6.07, 6.45) is 7.05. The van der Waals surface area contributed by atoms with Gasteiger partial charge in [0.15, 0.2) is 0 Å². The maximum absolute atomic E-state index is 14.2. The summed E-state index contributed by atoms with van der Waals surface area (Å²) >= 11 is 0. The van der Waals surface area contributed by atoms with Crippen molar-refractivity contribution < 1.29 is 8.78 Å². The van der Waals surface area contributed by atoms with Crippen molar-refractivity contribution in [2.24, 2.45) is 7.05 Å². The van der Waals surface area contributed by atoms with Gasteiger partial charge in [-0.3, -0.25) is 14.6 Å². The van der Waals surface area contributed by atoms with Crippen molar-refractivity contribution in [1.82, 2.24) is 19.7 Å². The van der Waals surface area contributed by atoms with E-state index in [9.17, 15) is 8.78 Å². The van der Waals surface area contributed by atoms with Crippen LogP contribution in [0.25, 0.3) is 33.3 Å². The van der Waals surface area contributed by atoms with E-state index in [1.807, 2.05) is 43.7 Å². The first-order valence-corrected chi connectivity index (χ1v) is 9.63. The number of fused-ring (bicyclic) bond motifs is 1. The van der Waals surface area contributed by atoms with E-state index in [2.05, 4.69) is 20.4 Å². The summed E-state index contributed by atoms with van der Waals surface area (Å²) in [5.41, 5.74) is 4.89. The van der Waals surface area contributed by atoms with Gasteiger partial charge in [0.25, 0.3) is 0 Å². The maximum atomic E-state index is 14.2. The molecule has 5 nitrogen and oxygen atoms in total. The maximum Gasteiger partial charge on any atom is 0.132 e. The first-order chi connectivity index (χ1) is 15.1. The van der Waals surface area contributed by atoms with Crippen LogP contribution in [-0.4, -0.2) is 19.7 Å². The third-order valence-electron chi connectivity index (χ3n) is 5.02. The molecule has 5 rings (SSSR count). The lowest BCUT2D eigenvalue weighted by molar-refractivity contribution is 0.602. The molecule has 2 aromatic carbocycles. The van der Waals surface area contributed by atoms with E-state index in [0.29, 0.717) is 11.4 Å². The minimum absolute atomic E-state index is 0.115. The van der Waals surface area contributed by atoms with Crippen molar-refractivity contribution in [3.05, 3.63) is 91.0 Å². The van der Waals surface area contributed by atoms with Crippen LogP contribution in [0, 0.1) is 11.6 Å². The number of hydrogen-bond donors (Lipinski definition) is 1. The molecule has 5 aromatic rings. The van der Waals surface area contributed by atoms with Crippen molar-refractivity contribution in [2.45, 2.75) is 0 Å². The molecule has 7 heteroatoms. The molecule has 0 saturated carbocycles. The molecule has 0 amide bonds. The van der Waals surface area contributed by atoms with Crippen LogP contribution in [0.1, 0.15) is 0 Å². The van der Waals surface area contributed by atoms with Crippen LogP contribution in [0.4, 0.5) is 20.2 Å². The smallest absolute Gasteiger partial charge is 0.132 e. The Morgan fingerprint density at radius 1 is 0.871 bits per heavy atom. The van der Waals surface area contributed by atoms with Crippen molar-refractivity contribution in [3.63, 3.8) is 0 Å². The third-order valence-corrected chi connectivity index (χ3v) is 5.02. The number of rotatable bonds is 4. The van der Waals surface area contributed by atoms with Gasteiger partial charge in [-0.15, -0.1) is 0 Å². The zero-order valence-corrected chi connectivity index (χ0v) is 16.6. The Labute approximate surface area is 177 Å². The summed E-state index contributed by atoms with van der Waals surface area (Å²) < 4.78 is 29.5. The van der Waals surface area contributed by atoms with E-state index in [-0.39, 0.29) is 5.56 Å². The van der Waals surface area contributed by atoms with Crippen LogP contribution >= 0.6 is 0 Å². The zero-order chi connectivity index (χ0) is 21.4. The van der Waals surface area contributed by atoms with E-state index >= 15 is 0 Å². The largest absolute Gasteiger partial charge is 0.355 e. The van der Waals surface area contributed by atoms with Gasteiger partial charge in [-0.05, 0) is 48.0 Å². The van der Waals surface area contributed by atoms with Gasteiger partial charge in [-0.2, -0.15) is 5.10 Å². The summed E-state index contributed by atoms with van der Waals surface area (Å²) in [6, 6.07) is 14.7. The predicted molar refractivity (Wildman–Crippen MR) is 117 cm³/mol. The highest BCUT2D eigenvalue weighted by atomic mass is 19.1. The highest BCUT2D eigenvalue weighted by Crippen LogP contribution is 2.30. The van der Waals surface area contributed by atoms with Crippen molar-refractivity contribution in [3.8, 4) is 22.4 Å². The molecular weight excluding hydrogens is 396 g/mol.